The number of hydrogen-bond donors (Lipinski definition) is 1. The lowest BCUT2D eigenvalue weighted by Gasteiger charge is -2.26. The van der Waals surface area contributed by atoms with Gasteiger partial charge in [-0.1, -0.05) is 29.3 Å². The second-order valence-corrected chi connectivity index (χ2v) is 5.37. The predicted octanol–water partition coefficient (Wildman–Crippen LogP) is 3.68. The van der Waals surface area contributed by atoms with Gasteiger partial charge in [-0.2, -0.15) is 0 Å². The largest absolute Gasteiger partial charge is 0.396 e. The first-order valence-corrected chi connectivity index (χ1v) is 7.04. The maximum Gasteiger partial charge on any atom is 0.222 e. The molecule has 0 saturated carbocycles. The van der Waals surface area contributed by atoms with E-state index in [4.69, 9.17) is 28.3 Å². The Kier molecular flexibility index (Phi) is 6.63. The molecule has 3 nitrogen and oxygen atoms in total. The van der Waals surface area contributed by atoms with Crippen LogP contribution in [0.2, 0.25) is 10.0 Å². The molecule has 0 aromatic heterocycles. The van der Waals surface area contributed by atoms with Crippen LogP contribution in [-0.4, -0.2) is 29.6 Å². The molecule has 0 fully saturated rings. The lowest BCUT2D eigenvalue weighted by molar-refractivity contribution is -0.131. The number of aliphatic hydroxyl groups excluding tert-OH is 1. The molecule has 1 rings (SSSR count). The average molecular weight is 304 g/mol. The van der Waals surface area contributed by atoms with Crippen LogP contribution in [0.3, 0.4) is 0 Å². The van der Waals surface area contributed by atoms with Crippen molar-refractivity contribution in [3.8, 4) is 0 Å². The highest BCUT2D eigenvalue weighted by molar-refractivity contribution is 6.35. The van der Waals surface area contributed by atoms with Crippen molar-refractivity contribution in [3.05, 3.63) is 33.8 Å². The molecule has 1 unspecified atom stereocenters. The zero-order chi connectivity index (χ0) is 14.4. The number of hydrogen-bond acceptors (Lipinski definition) is 2. The Balaban J connectivity index is 2.70. The van der Waals surface area contributed by atoms with Gasteiger partial charge in [0.15, 0.2) is 0 Å². The van der Waals surface area contributed by atoms with Crippen molar-refractivity contribution in [3.63, 3.8) is 0 Å². The summed E-state index contributed by atoms with van der Waals surface area (Å²) in [5.41, 5.74) is 0.879. The van der Waals surface area contributed by atoms with Crippen molar-refractivity contribution in [2.75, 3.05) is 13.7 Å². The van der Waals surface area contributed by atoms with Crippen molar-refractivity contribution in [1.29, 1.82) is 0 Å². The fourth-order valence-electron chi connectivity index (χ4n) is 1.83. The number of nitrogens with zero attached hydrogens (tertiary/aromatic N) is 1. The van der Waals surface area contributed by atoms with E-state index in [1.807, 2.05) is 13.0 Å². The Morgan fingerprint density at radius 1 is 1.37 bits per heavy atom. The molecule has 1 aromatic rings. The molecule has 1 N–H and O–H groups in total. The van der Waals surface area contributed by atoms with Gasteiger partial charge in [-0.25, -0.2) is 0 Å². The molecule has 1 amide bonds. The molecule has 0 aliphatic carbocycles. The number of carbonyl (C=O) groups excluding carboxylic acids is 1. The second kappa shape index (κ2) is 7.73. The van der Waals surface area contributed by atoms with Gasteiger partial charge in [-0.05, 0) is 37.5 Å². The monoisotopic (exact) mass is 303 g/mol. The number of rotatable bonds is 6. The Bertz CT molecular complexity index is 437. The van der Waals surface area contributed by atoms with Crippen LogP contribution in [0.1, 0.15) is 37.8 Å². The first kappa shape index (κ1) is 16.3. The van der Waals surface area contributed by atoms with Gasteiger partial charge in [0, 0.05) is 30.1 Å². The van der Waals surface area contributed by atoms with Gasteiger partial charge in [-0.3, -0.25) is 4.79 Å². The standard InChI is InChI=1S/C14H19Cl2NO2/c1-10(12-7-6-11(15)9-13(12)16)17(2)14(19)5-3-4-8-18/h6-7,9-10,18H,3-5,8H2,1-2H3. The maximum atomic E-state index is 12.0. The fourth-order valence-corrected chi connectivity index (χ4v) is 2.40. The van der Waals surface area contributed by atoms with E-state index in [2.05, 4.69) is 0 Å². The summed E-state index contributed by atoms with van der Waals surface area (Å²) in [5, 5.41) is 9.86. The Morgan fingerprint density at radius 3 is 2.63 bits per heavy atom. The van der Waals surface area contributed by atoms with Gasteiger partial charge in [-0.15, -0.1) is 0 Å². The number of halogens is 2. The van der Waals surface area contributed by atoms with Gasteiger partial charge < -0.3 is 10.0 Å². The van der Waals surface area contributed by atoms with Gasteiger partial charge in [0.25, 0.3) is 0 Å². The number of benzene rings is 1. The van der Waals surface area contributed by atoms with Crippen molar-refractivity contribution in [2.24, 2.45) is 0 Å². The summed E-state index contributed by atoms with van der Waals surface area (Å²) in [6.07, 6.45) is 1.78. The third kappa shape index (κ3) is 4.68. The topological polar surface area (TPSA) is 40.5 Å². The van der Waals surface area contributed by atoms with Crippen molar-refractivity contribution < 1.29 is 9.90 Å². The zero-order valence-corrected chi connectivity index (χ0v) is 12.7. The van der Waals surface area contributed by atoms with Crippen LogP contribution >= 0.6 is 23.2 Å². The molecule has 1 aromatic carbocycles. The van der Waals surface area contributed by atoms with E-state index in [0.717, 1.165) is 5.56 Å². The van der Waals surface area contributed by atoms with E-state index < -0.39 is 0 Å². The first-order valence-electron chi connectivity index (χ1n) is 6.28. The minimum Gasteiger partial charge on any atom is -0.396 e. The molecule has 0 aliphatic heterocycles. The van der Waals surface area contributed by atoms with Crippen LogP contribution in [0, 0.1) is 0 Å². The van der Waals surface area contributed by atoms with E-state index in [-0.39, 0.29) is 18.6 Å². The predicted molar refractivity (Wildman–Crippen MR) is 78.6 cm³/mol. The van der Waals surface area contributed by atoms with Gasteiger partial charge in [0.1, 0.15) is 0 Å². The minimum atomic E-state index is -0.105. The van der Waals surface area contributed by atoms with E-state index in [1.165, 1.54) is 0 Å². The molecule has 0 heterocycles. The summed E-state index contributed by atoms with van der Waals surface area (Å²) >= 11 is 12.0. The molecule has 1 atom stereocenters. The smallest absolute Gasteiger partial charge is 0.222 e. The maximum absolute atomic E-state index is 12.0. The van der Waals surface area contributed by atoms with Crippen LogP contribution < -0.4 is 0 Å². The molecule has 0 saturated heterocycles. The van der Waals surface area contributed by atoms with E-state index in [0.29, 0.717) is 29.3 Å². The van der Waals surface area contributed by atoms with Crippen LogP contribution in [-0.2, 0) is 4.79 Å². The van der Waals surface area contributed by atoms with Crippen molar-refractivity contribution in [1.82, 2.24) is 4.90 Å². The summed E-state index contributed by atoms with van der Waals surface area (Å²) < 4.78 is 0. The highest BCUT2D eigenvalue weighted by atomic mass is 35.5. The Hall–Kier alpha value is -0.770. The van der Waals surface area contributed by atoms with Crippen LogP contribution in [0.5, 0.6) is 0 Å². The number of unbranched alkanes of at least 4 members (excludes halogenated alkanes) is 1. The van der Waals surface area contributed by atoms with E-state index in [9.17, 15) is 4.79 Å². The summed E-state index contributed by atoms with van der Waals surface area (Å²) in [6, 6.07) is 5.18. The van der Waals surface area contributed by atoms with Crippen LogP contribution in [0.25, 0.3) is 0 Å². The molecule has 0 spiro atoms. The van der Waals surface area contributed by atoms with Crippen molar-refractivity contribution in [2.45, 2.75) is 32.2 Å². The molecule has 106 valence electrons. The van der Waals surface area contributed by atoms with Gasteiger partial charge in [0.2, 0.25) is 5.91 Å². The number of amides is 1. The molecule has 19 heavy (non-hydrogen) atoms. The summed E-state index contributed by atoms with van der Waals surface area (Å²) in [4.78, 5) is 13.7. The highest BCUT2D eigenvalue weighted by Gasteiger charge is 2.19. The summed E-state index contributed by atoms with van der Waals surface area (Å²) in [5.74, 6) is 0.0481. The molecular weight excluding hydrogens is 285 g/mol. The Labute approximate surface area is 124 Å². The molecule has 0 bridgehead atoms. The van der Waals surface area contributed by atoms with Gasteiger partial charge >= 0.3 is 0 Å². The van der Waals surface area contributed by atoms with Crippen molar-refractivity contribution >= 4 is 29.1 Å². The van der Waals surface area contributed by atoms with Crippen LogP contribution in [0.15, 0.2) is 18.2 Å². The molecule has 5 heteroatoms. The lowest BCUT2D eigenvalue weighted by Crippen LogP contribution is -2.29. The first-order chi connectivity index (χ1) is 8.97. The molecule has 0 radical (unpaired) electrons. The second-order valence-electron chi connectivity index (χ2n) is 4.53. The highest BCUT2D eigenvalue weighted by Crippen LogP contribution is 2.29. The minimum absolute atomic E-state index is 0.0481. The summed E-state index contributed by atoms with van der Waals surface area (Å²) in [6.45, 7) is 2.05. The molecular formula is C14H19Cl2NO2. The normalized spacial score (nSPS) is 12.3. The third-order valence-electron chi connectivity index (χ3n) is 3.19. The number of carbonyl (C=O) groups is 1. The summed E-state index contributed by atoms with van der Waals surface area (Å²) in [7, 11) is 1.76. The number of aliphatic hydroxyl groups is 1. The van der Waals surface area contributed by atoms with E-state index >= 15 is 0 Å². The zero-order valence-electron chi connectivity index (χ0n) is 11.2. The lowest BCUT2D eigenvalue weighted by atomic mass is 10.1. The third-order valence-corrected chi connectivity index (χ3v) is 3.75. The van der Waals surface area contributed by atoms with Gasteiger partial charge in [0.05, 0.1) is 6.04 Å². The Morgan fingerprint density at radius 2 is 2.05 bits per heavy atom. The molecule has 0 aliphatic rings. The van der Waals surface area contributed by atoms with E-state index in [1.54, 1.807) is 24.1 Å². The fraction of sp³-hybridized carbons (Fsp3) is 0.500. The average Bonchev–Trinajstić information content (AvgIpc) is 2.37. The SMILES string of the molecule is CC(c1ccc(Cl)cc1Cl)N(C)C(=O)CCCCO. The van der Waals surface area contributed by atoms with Crippen LogP contribution in [0.4, 0.5) is 0 Å². The quantitative estimate of drug-likeness (QED) is 0.815.